The Labute approximate surface area is 75.9 Å². The third-order valence-electron chi connectivity index (χ3n) is 2.10. The second-order valence-electron chi connectivity index (χ2n) is 3.08. The molecule has 0 radical (unpaired) electrons. The van der Waals surface area contributed by atoms with Gasteiger partial charge in [0.2, 0.25) is 0 Å². The zero-order valence-electron chi connectivity index (χ0n) is 7.33. The molecule has 6 heteroatoms. The van der Waals surface area contributed by atoms with Crippen molar-refractivity contribution in [3.05, 3.63) is 0 Å². The van der Waals surface area contributed by atoms with E-state index in [1.807, 2.05) is 0 Å². The van der Waals surface area contributed by atoms with Crippen molar-refractivity contribution in [2.45, 2.75) is 30.6 Å². The fraction of sp³-hybridized carbons (Fsp3) is 1.00. The van der Waals surface area contributed by atoms with Crippen LogP contribution in [0.5, 0.6) is 0 Å². The quantitative estimate of drug-likeness (QED) is 0.383. The lowest BCUT2D eigenvalue weighted by atomic mass is 9.98. The van der Waals surface area contributed by atoms with E-state index in [0.29, 0.717) is 0 Å². The molecule has 1 heterocycles. The van der Waals surface area contributed by atoms with Gasteiger partial charge in [0, 0.05) is 7.11 Å². The predicted molar refractivity (Wildman–Crippen MR) is 42.7 cm³/mol. The van der Waals surface area contributed by atoms with E-state index in [1.165, 1.54) is 7.11 Å². The lowest BCUT2D eigenvalue weighted by molar-refractivity contribution is -0.250. The first-order valence-electron chi connectivity index (χ1n) is 4.02. The number of nitrogens with two attached hydrogens (primary N) is 1. The van der Waals surface area contributed by atoms with E-state index in [2.05, 4.69) is 0 Å². The zero-order chi connectivity index (χ0) is 10.0. The summed E-state index contributed by atoms with van der Waals surface area (Å²) in [5, 5.41) is 27.9. The first kappa shape index (κ1) is 10.8. The van der Waals surface area contributed by atoms with Crippen LogP contribution in [0, 0.1) is 0 Å². The molecule has 1 rings (SSSR count). The highest BCUT2D eigenvalue weighted by molar-refractivity contribution is 4.90. The van der Waals surface area contributed by atoms with Gasteiger partial charge in [0.1, 0.15) is 18.3 Å². The summed E-state index contributed by atoms with van der Waals surface area (Å²) < 4.78 is 9.65. The Kier molecular flexibility index (Phi) is 3.60. The van der Waals surface area contributed by atoms with Crippen LogP contribution in [-0.2, 0) is 9.47 Å². The lowest BCUT2D eigenvalue weighted by Gasteiger charge is -2.38. The molecule has 6 nitrogen and oxygen atoms in total. The van der Waals surface area contributed by atoms with Crippen molar-refractivity contribution in [3.8, 4) is 0 Å². The molecule has 0 aromatic carbocycles. The van der Waals surface area contributed by atoms with Crippen molar-refractivity contribution < 1.29 is 24.8 Å². The van der Waals surface area contributed by atoms with E-state index in [9.17, 15) is 15.3 Å². The number of hydrogen-bond donors (Lipinski definition) is 4. The molecule has 1 aliphatic rings. The van der Waals surface area contributed by atoms with Crippen molar-refractivity contribution in [2.24, 2.45) is 5.73 Å². The van der Waals surface area contributed by atoms with E-state index in [-0.39, 0.29) is 6.61 Å². The molecule has 0 bridgehead atoms. The van der Waals surface area contributed by atoms with E-state index in [4.69, 9.17) is 15.2 Å². The Balaban J connectivity index is 2.59. The minimum absolute atomic E-state index is 0.0992. The van der Waals surface area contributed by atoms with Crippen molar-refractivity contribution in [3.63, 3.8) is 0 Å². The van der Waals surface area contributed by atoms with Crippen LogP contribution in [0.4, 0.5) is 0 Å². The summed E-state index contributed by atoms with van der Waals surface area (Å²) in [5.74, 6) is 0. The number of methoxy groups -OCH3 is 1. The first-order chi connectivity index (χ1) is 6.07. The van der Waals surface area contributed by atoms with Gasteiger partial charge in [0.15, 0.2) is 6.29 Å². The van der Waals surface area contributed by atoms with Crippen molar-refractivity contribution in [1.82, 2.24) is 0 Å². The number of rotatable bonds is 2. The lowest BCUT2D eigenvalue weighted by Crippen LogP contribution is -2.61. The minimum Gasteiger partial charge on any atom is -0.388 e. The maximum Gasteiger partial charge on any atom is 0.173 e. The van der Waals surface area contributed by atoms with E-state index < -0.39 is 30.6 Å². The molecule has 5 N–H and O–H groups in total. The molecule has 78 valence electrons. The van der Waals surface area contributed by atoms with Gasteiger partial charge >= 0.3 is 0 Å². The van der Waals surface area contributed by atoms with Gasteiger partial charge in [-0.25, -0.2) is 0 Å². The van der Waals surface area contributed by atoms with Gasteiger partial charge in [-0.2, -0.15) is 0 Å². The third kappa shape index (κ3) is 2.16. The van der Waals surface area contributed by atoms with Gasteiger partial charge < -0.3 is 30.5 Å². The third-order valence-corrected chi connectivity index (χ3v) is 2.10. The molecule has 0 aromatic rings. The summed E-state index contributed by atoms with van der Waals surface area (Å²) in [6.45, 7) is 0.0992. The first-order valence-corrected chi connectivity index (χ1v) is 4.02. The van der Waals surface area contributed by atoms with Gasteiger partial charge in [-0.3, -0.25) is 0 Å². The second kappa shape index (κ2) is 4.32. The molecule has 5 unspecified atom stereocenters. The highest BCUT2D eigenvalue weighted by atomic mass is 16.6. The highest BCUT2D eigenvalue weighted by Crippen LogP contribution is 2.18. The monoisotopic (exact) mass is 193 g/mol. The Morgan fingerprint density at radius 3 is 2.46 bits per heavy atom. The van der Waals surface area contributed by atoms with Gasteiger partial charge in [0.25, 0.3) is 0 Å². The number of hydrogen-bond acceptors (Lipinski definition) is 6. The van der Waals surface area contributed by atoms with E-state index in [0.717, 1.165) is 0 Å². The largest absolute Gasteiger partial charge is 0.388 e. The molecule has 0 amide bonds. The Morgan fingerprint density at radius 2 is 1.92 bits per heavy atom. The molecule has 13 heavy (non-hydrogen) atoms. The highest BCUT2D eigenvalue weighted by Gasteiger charge is 2.41. The van der Waals surface area contributed by atoms with Crippen LogP contribution in [0.3, 0.4) is 0 Å². The fourth-order valence-corrected chi connectivity index (χ4v) is 1.27. The normalized spacial score (nSPS) is 46.4. The summed E-state index contributed by atoms with van der Waals surface area (Å²) in [4.78, 5) is 0. The van der Waals surface area contributed by atoms with Crippen LogP contribution in [0.15, 0.2) is 0 Å². The maximum absolute atomic E-state index is 9.41. The smallest absolute Gasteiger partial charge is 0.173 e. The molecule has 5 atom stereocenters. The summed E-state index contributed by atoms with van der Waals surface area (Å²) in [6, 6.07) is -0.983. The topological polar surface area (TPSA) is 105 Å². The van der Waals surface area contributed by atoms with Crippen LogP contribution in [0.25, 0.3) is 0 Å². The van der Waals surface area contributed by atoms with Crippen LogP contribution >= 0.6 is 0 Å². The molecule has 0 spiro atoms. The summed E-state index contributed by atoms with van der Waals surface area (Å²) in [5.41, 5.74) is 5.34. The Hall–Kier alpha value is -0.240. The Morgan fingerprint density at radius 1 is 1.31 bits per heavy atom. The van der Waals surface area contributed by atoms with Gasteiger partial charge in [0.05, 0.1) is 12.6 Å². The Bertz CT molecular complexity index is 167. The summed E-state index contributed by atoms with van der Waals surface area (Å²) in [6.07, 6.45) is -4.32. The molecular weight excluding hydrogens is 178 g/mol. The van der Waals surface area contributed by atoms with Gasteiger partial charge in [-0.05, 0) is 0 Å². The van der Waals surface area contributed by atoms with E-state index >= 15 is 0 Å². The molecule has 1 aliphatic heterocycles. The van der Waals surface area contributed by atoms with Gasteiger partial charge in [-0.15, -0.1) is 0 Å². The van der Waals surface area contributed by atoms with Crippen molar-refractivity contribution >= 4 is 0 Å². The van der Waals surface area contributed by atoms with Gasteiger partial charge in [-0.1, -0.05) is 0 Å². The summed E-state index contributed by atoms with van der Waals surface area (Å²) >= 11 is 0. The average Bonchev–Trinajstić information content (AvgIpc) is 2.11. The van der Waals surface area contributed by atoms with Crippen LogP contribution in [-0.4, -0.2) is 59.7 Å². The predicted octanol–water partition coefficient (Wildman–Crippen LogP) is -2.60. The standard InChI is InChI=1S/C7H15NO5/c1-12-2-3-5(9)6(10)4(8)7(11)13-3/h3-7,9-11H,2,8H2,1H3. The molecule has 1 fully saturated rings. The molecule has 0 aromatic heterocycles. The maximum atomic E-state index is 9.41. The molecule has 1 saturated heterocycles. The van der Waals surface area contributed by atoms with Crippen LogP contribution in [0.1, 0.15) is 0 Å². The summed E-state index contributed by atoms with van der Waals surface area (Å²) in [7, 11) is 1.43. The molecule has 0 aliphatic carbocycles. The zero-order valence-corrected chi connectivity index (χ0v) is 7.33. The molecular formula is C7H15NO5. The second-order valence-corrected chi connectivity index (χ2v) is 3.08. The minimum atomic E-state index is -1.27. The number of ether oxygens (including phenoxy) is 2. The number of aliphatic hydroxyl groups excluding tert-OH is 3. The molecule has 0 saturated carbocycles. The fourth-order valence-electron chi connectivity index (χ4n) is 1.27. The average molecular weight is 193 g/mol. The SMILES string of the molecule is COCC1OC(O)C(N)C(O)C1O. The van der Waals surface area contributed by atoms with Crippen LogP contribution in [0.2, 0.25) is 0 Å². The van der Waals surface area contributed by atoms with Crippen molar-refractivity contribution in [1.29, 1.82) is 0 Å². The number of aliphatic hydroxyl groups is 3. The van der Waals surface area contributed by atoms with E-state index in [1.54, 1.807) is 0 Å². The van der Waals surface area contributed by atoms with Crippen molar-refractivity contribution in [2.75, 3.05) is 13.7 Å². The van der Waals surface area contributed by atoms with Crippen LogP contribution < -0.4 is 5.73 Å².